The van der Waals surface area contributed by atoms with Crippen molar-refractivity contribution in [3.8, 4) is 0 Å². The summed E-state index contributed by atoms with van der Waals surface area (Å²) in [6.45, 7) is 6.70. The van der Waals surface area contributed by atoms with Crippen LogP contribution in [0.25, 0.3) is 0 Å². The summed E-state index contributed by atoms with van der Waals surface area (Å²) in [6.07, 6.45) is 3.60. The van der Waals surface area contributed by atoms with Gasteiger partial charge in [-0.05, 0) is 35.4 Å². The molecular weight excluding hydrogens is 305 g/mol. The maximum atomic E-state index is 11.7. The number of carbonyl (C=O) groups excluding carboxylic acids is 1. The molecule has 0 aromatic carbocycles. The number of nitrogens with one attached hydrogen (secondary N) is 1. The van der Waals surface area contributed by atoms with Gasteiger partial charge in [-0.25, -0.2) is 0 Å². The molecule has 0 unspecified atom stereocenters. The zero-order valence-corrected chi connectivity index (χ0v) is 11.4. The number of amides is 1. The third kappa shape index (κ3) is 3.81. The zero-order valence-electron chi connectivity index (χ0n) is 9.20. The third-order valence-electron chi connectivity index (χ3n) is 2.03. The summed E-state index contributed by atoms with van der Waals surface area (Å²) < 4.78 is 2.72. The summed E-state index contributed by atoms with van der Waals surface area (Å²) >= 11 is 2.17. The second-order valence-electron chi connectivity index (χ2n) is 3.95. The minimum absolute atomic E-state index is 0.0169. The summed E-state index contributed by atoms with van der Waals surface area (Å²) in [4.78, 5) is 11.7. The number of rotatable bonds is 4. The van der Waals surface area contributed by atoms with Crippen LogP contribution < -0.4 is 5.32 Å². The van der Waals surface area contributed by atoms with Gasteiger partial charge in [0.1, 0.15) is 6.04 Å². The lowest BCUT2D eigenvalue weighted by Crippen LogP contribution is -2.33. The Labute approximate surface area is 104 Å². The fourth-order valence-corrected chi connectivity index (χ4v) is 1.51. The number of halogens is 1. The fraction of sp³-hybridized carbons (Fsp3) is 0.600. The van der Waals surface area contributed by atoms with Gasteiger partial charge in [0.25, 0.3) is 0 Å². The number of hydrogen-bond acceptors (Lipinski definition) is 2. The predicted molar refractivity (Wildman–Crippen MR) is 67.5 cm³/mol. The van der Waals surface area contributed by atoms with Crippen LogP contribution in [0.2, 0.25) is 0 Å². The Morgan fingerprint density at radius 1 is 1.60 bits per heavy atom. The highest BCUT2D eigenvalue weighted by Crippen LogP contribution is 2.08. The number of carbonyl (C=O) groups is 1. The Morgan fingerprint density at radius 2 is 2.27 bits per heavy atom. The maximum absolute atomic E-state index is 11.7. The fourth-order valence-electron chi connectivity index (χ4n) is 1.10. The molecule has 0 saturated carbocycles. The molecule has 4 nitrogen and oxygen atoms in total. The van der Waals surface area contributed by atoms with Crippen molar-refractivity contribution in [1.29, 1.82) is 0 Å². The van der Waals surface area contributed by atoms with E-state index in [9.17, 15) is 4.79 Å². The number of hydrogen-bond donors (Lipinski definition) is 1. The SMILES string of the molecule is CC(C)CNC(=O)[C@@H](C)n1cc(I)cn1. The molecule has 1 heterocycles. The van der Waals surface area contributed by atoms with E-state index >= 15 is 0 Å². The van der Waals surface area contributed by atoms with Crippen molar-refractivity contribution in [3.63, 3.8) is 0 Å². The molecule has 1 rings (SSSR count). The van der Waals surface area contributed by atoms with Crippen LogP contribution in [0.1, 0.15) is 26.8 Å². The van der Waals surface area contributed by atoms with Gasteiger partial charge in [0.15, 0.2) is 0 Å². The molecule has 1 aromatic heterocycles. The summed E-state index contributed by atoms with van der Waals surface area (Å²) in [7, 11) is 0. The highest BCUT2D eigenvalue weighted by Gasteiger charge is 2.15. The minimum Gasteiger partial charge on any atom is -0.354 e. The van der Waals surface area contributed by atoms with E-state index in [1.54, 1.807) is 10.9 Å². The van der Waals surface area contributed by atoms with Gasteiger partial charge in [-0.3, -0.25) is 9.48 Å². The van der Waals surface area contributed by atoms with Gasteiger partial charge < -0.3 is 5.32 Å². The van der Waals surface area contributed by atoms with Crippen LogP contribution in [-0.2, 0) is 4.79 Å². The maximum Gasteiger partial charge on any atom is 0.244 e. The summed E-state index contributed by atoms with van der Waals surface area (Å²) in [6, 6.07) is -0.243. The van der Waals surface area contributed by atoms with Crippen LogP contribution in [0.15, 0.2) is 12.4 Å². The molecule has 5 heteroatoms. The summed E-state index contributed by atoms with van der Waals surface area (Å²) in [5, 5.41) is 7.00. The molecule has 84 valence electrons. The van der Waals surface area contributed by atoms with Crippen LogP contribution in [0.4, 0.5) is 0 Å². The molecule has 0 aliphatic carbocycles. The Morgan fingerprint density at radius 3 is 2.73 bits per heavy atom. The summed E-state index contributed by atoms with van der Waals surface area (Å²) in [5.74, 6) is 0.488. The molecule has 1 N–H and O–H groups in total. The van der Waals surface area contributed by atoms with Crippen LogP contribution in [0.3, 0.4) is 0 Å². The average Bonchev–Trinajstić information content (AvgIpc) is 2.60. The van der Waals surface area contributed by atoms with Crippen molar-refractivity contribution in [2.75, 3.05) is 6.54 Å². The smallest absolute Gasteiger partial charge is 0.244 e. The first-order chi connectivity index (χ1) is 7.00. The Kier molecular flexibility index (Phi) is 4.56. The van der Waals surface area contributed by atoms with E-state index < -0.39 is 0 Å². The first kappa shape index (κ1) is 12.5. The molecule has 0 spiro atoms. The van der Waals surface area contributed by atoms with Crippen LogP contribution >= 0.6 is 22.6 Å². The molecule has 0 aliphatic heterocycles. The quantitative estimate of drug-likeness (QED) is 0.860. The van der Waals surface area contributed by atoms with Crippen molar-refractivity contribution in [3.05, 3.63) is 16.0 Å². The third-order valence-corrected chi connectivity index (χ3v) is 2.59. The van der Waals surface area contributed by atoms with Gasteiger partial charge in [0, 0.05) is 12.7 Å². The van der Waals surface area contributed by atoms with E-state index in [4.69, 9.17) is 0 Å². The van der Waals surface area contributed by atoms with E-state index in [1.165, 1.54) is 0 Å². The first-order valence-electron chi connectivity index (χ1n) is 4.98. The van der Waals surface area contributed by atoms with Gasteiger partial charge >= 0.3 is 0 Å². The lowest BCUT2D eigenvalue weighted by molar-refractivity contribution is -0.124. The molecule has 15 heavy (non-hydrogen) atoms. The monoisotopic (exact) mass is 321 g/mol. The molecule has 1 aromatic rings. The molecule has 0 aliphatic rings. The van der Waals surface area contributed by atoms with Crippen LogP contribution in [0, 0.1) is 9.49 Å². The molecule has 1 amide bonds. The first-order valence-corrected chi connectivity index (χ1v) is 6.06. The van der Waals surface area contributed by atoms with Crippen LogP contribution in [0.5, 0.6) is 0 Å². The van der Waals surface area contributed by atoms with E-state index in [2.05, 4.69) is 46.9 Å². The minimum atomic E-state index is -0.243. The number of aromatic nitrogens is 2. The predicted octanol–water partition coefficient (Wildman–Crippen LogP) is 1.82. The Balaban J connectivity index is 2.53. The van der Waals surface area contributed by atoms with E-state index in [-0.39, 0.29) is 11.9 Å². The highest BCUT2D eigenvalue weighted by molar-refractivity contribution is 14.1. The lowest BCUT2D eigenvalue weighted by atomic mass is 10.2. The molecule has 0 saturated heterocycles. The van der Waals surface area contributed by atoms with Gasteiger partial charge in [-0.2, -0.15) is 5.10 Å². The average molecular weight is 321 g/mol. The zero-order chi connectivity index (χ0) is 11.4. The Bertz CT molecular complexity index is 335. The van der Waals surface area contributed by atoms with E-state index in [0.29, 0.717) is 12.5 Å². The number of nitrogens with zero attached hydrogens (tertiary/aromatic N) is 2. The lowest BCUT2D eigenvalue weighted by Gasteiger charge is -2.13. The molecule has 0 bridgehead atoms. The second kappa shape index (κ2) is 5.48. The van der Waals surface area contributed by atoms with Crippen molar-refractivity contribution in [2.24, 2.45) is 5.92 Å². The molecule has 1 atom stereocenters. The van der Waals surface area contributed by atoms with E-state index in [1.807, 2.05) is 13.1 Å². The molecule has 0 fully saturated rings. The van der Waals surface area contributed by atoms with Crippen molar-refractivity contribution in [2.45, 2.75) is 26.8 Å². The van der Waals surface area contributed by atoms with Crippen LogP contribution in [-0.4, -0.2) is 22.2 Å². The van der Waals surface area contributed by atoms with Crippen molar-refractivity contribution >= 4 is 28.5 Å². The molecular formula is C10H16IN3O. The Hall–Kier alpha value is -0.590. The van der Waals surface area contributed by atoms with Crippen molar-refractivity contribution in [1.82, 2.24) is 15.1 Å². The van der Waals surface area contributed by atoms with Gasteiger partial charge in [0.05, 0.1) is 9.77 Å². The van der Waals surface area contributed by atoms with Gasteiger partial charge in [-0.15, -0.1) is 0 Å². The van der Waals surface area contributed by atoms with E-state index in [0.717, 1.165) is 3.57 Å². The highest BCUT2D eigenvalue weighted by atomic mass is 127. The standard InChI is InChI=1S/C10H16IN3O/c1-7(2)4-12-10(15)8(3)14-6-9(11)5-13-14/h5-8H,4H2,1-3H3,(H,12,15)/t8-/m1/s1. The second-order valence-corrected chi connectivity index (χ2v) is 5.20. The molecule has 0 radical (unpaired) electrons. The normalized spacial score (nSPS) is 12.9. The van der Waals surface area contributed by atoms with Crippen molar-refractivity contribution < 1.29 is 4.79 Å². The van der Waals surface area contributed by atoms with Gasteiger partial charge in [-0.1, -0.05) is 13.8 Å². The summed E-state index contributed by atoms with van der Waals surface area (Å²) in [5.41, 5.74) is 0. The topological polar surface area (TPSA) is 46.9 Å². The largest absolute Gasteiger partial charge is 0.354 e. The van der Waals surface area contributed by atoms with Gasteiger partial charge in [0.2, 0.25) is 5.91 Å².